The topological polar surface area (TPSA) is 41.5 Å². The number of halogens is 1. The van der Waals surface area contributed by atoms with Gasteiger partial charge in [-0.05, 0) is 25.0 Å². The van der Waals surface area contributed by atoms with Gasteiger partial charge in [-0.25, -0.2) is 0 Å². The van der Waals surface area contributed by atoms with E-state index in [2.05, 4.69) is 19.2 Å². The summed E-state index contributed by atoms with van der Waals surface area (Å²) in [6.45, 7) is 5.05. The molecular weight excluding hydrogens is 250 g/mol. The molecule has 1 aromatic rings. The van der Waals surface area contributed by atoms with E-state index < -0.39 is 6.10 Å². The number of rotatable bonds is 8. The molecule has 0 amide bonds. The van der Waals surface area contributed by atoms with E-state index in [4.69, 9.17) is 16.3 Å². The highest BCUT2D eigenvalue weighted by molar-refractivity contribution is 6.32. The maximum absolute atomic E-state index is 9.81. The molecular formula is C14H22ClNO2. The first-order valence-electron chi connectivity index (χ1n) is 6.46. The van der Waals surface area contributed by atoms with Gasteiger partial charge in [-0.1, -0.05) is 37.6 Å². The number of hydrogen-bond donors (Lipinski definition) is 2. The lowest BCUT2D eigenvalue weighted by molar-refractivity contribution is 0.103. The van der Waals surface area contributed by atoms with Gasteiger partial charge >= 0.3 is 0 Å². The SMILES string of the molecule is CCC(CC)NCC(O)COc1ccccc1Cl. The van der Waals surface area contributed by atoms with Gasteiger partial charge in [0.05, 0.1) is 5.02 Å². The molecule has 1 rings (SSSR count). The predicted molar refractivity (Wildman–Crippen MR) is 75.3 cm³/mol. The van der Waals surface area contributed by atoms with Crippen molar-refractivity contribution < 1.29 is 9.84 Å². The van der Waals surface area contributed by atoms with Crippen LogP contribution in [0.15, 0.2) is 24.3 Å². The molecule has 0 bridgehead atoms. The first-order valence-corrected chi connectivity index (χ1v) is 6.83. The monoisotopic (exact) mass is 271 g/mol. The van der Waals surface area contributed by atoms with Crippen LogP contribution in [0, 0.1) is 0 Å². The number of nitrogens with one attached hydrogen (secondary N) is 1. The molecule has 0 fully saturated rings. The van der Waals surface area contributed by atoms with Gasteiger partial charge in [0.1, 0.15) is 18.5 Å². The Labute approximate surface area is 114 Å². The molecule has 3 nitrogen and oxygen atoms in total. The third kappa shape index (κ3) is 5.25. The van der Waals surface area contributed by atoms with Crippen LogP contribution in [0.1, 0.15) is 26.7 Å². The number of aliphatic hydroxyl groups excluding tert-OH is 1. The molecule has 1 atom stereocenters. The van der Waals surface area contributed by atoms with Crippen LogP contribution in [0.25, 0.3) is 0 Å². The minimum Gasteiger partial charge on any atom is -0.489 e. The third-order valence-electron chi connectivity index (χ3n) is 2.90. The second kappa shape index (κ2) is 8.35. The van der Waals surface area contributed by atoms with Gasteiger partial charge in [-0.3, -0.25) is 0 Å². The zero-order chi connectivity index (χ0) is 13.4. The number of ether oxygens (including phenoxy) is 1. The van der Waals surface area contributed by atoms with Crippen molar-refractivity contribution in [3.8, 4) is 5.75 Å². The zero-order valence-electron chi connectivity index (χ0n) is 11.0. The molecule has 0 spiro atoms. The Bertz CT molecular complexity index is 342. The van der Waals surface area contributed by atoms with Crippen LogP contribution >= 0.6 is 11.6 Å². The highest BCUT2D eigenvalue weighted by atomic mass is 35.5. The van der Waals surface area contributed by atoms with Gasteiger partial charge in [0, 0.05) is 12.6 Å². The normalized spacial score (nSPS) is 12.7. The van der Waals surface area contributed by atoms with Crippen molar-refractivity contribution in [1.82, 2.24) is 5.32 Å². The van der Waals surface area contributed by atoms with Crippen molar-refractivity contribution in [3.63, 3.8) is 0 Å². The van der Waals surface area contributed by atoms with Crippen molar-refractivity contribution in [2.45, 2.75) is 38.8 Å². The summed E-state index contributed by atoms with van der Waals surface area (Å²) in [6.07, 6.45) is 1.60. The predicted octanol–water partition coefficient (Wildman–Crippen LogP) is 2.86. The molecule has 2 N–H and O–H groups in total. The van der Waals surface area contributed by atoms with Crippen LogP contribution in [0.2, 0.25) is 5.02 Å². The van der Waals surface area contributed by atoms with E-state index in [0.29, 0.717) is 23.4 Å². The number of aliphatic hydroxyl groups is 1. The van der Waals surface area contributed by atoms with E-state index >= 15 is 0 Å². The van der Waals surface area contributed by atoms with Gasteiger partial charge in [-0.2, -0.15) is 0 Å². The van der Waals surface area contributed by atoms with Gasteiger partial charge in [0.25, 0.3) is 0 Å². The maximum Gasteiger partial charge on any atom is 0.138 e. The summed E-state index contributed by atoms with van der Waals surface area (Å²) in [5.41, 5.74) is 0. The van der Waals surface area contributed by atoms with Crippen molar-refractivity contribution in [2.24, 2.45) is 0 Å². The number of hydrogen-bond acceptors (Lipinski definition) is 3. The first kappa shape index (κ1) is 15.3. The standard InChI is InChI=1S/C14H22ClNO2/c1-3-11(4-2)16-9-12(17)10-18-14-8-6-5-7-13(14)15/h5-8,11-12,16-17H,3-4,9-10H2,1-2H3. The van der Waals surface area contributed by atoms with Crippen molar-refractivity contribution in [2.75, 3.05) is 13.2 Å². The molecule has 0 aliphatic rings. The summed E-state index contributed by atoms with van der Waals surface area (Å²) in [4.78, 5) is 0. The first-order chi connectivity index (χ1) is 8.67. The van der Waals surface area contributed by atoms with Crippen molar-refractivity contribution >= 4 is 11.6 Å². The molecule has 102 valence electrons. The Morgan fingerprint density at radius 3 is 2.56 bits per heavy atom. The summed E-state index contributed by atoms with van der Waals surface area (Å²) in [7, 11) is 0. The smallest absolute Gasteiger partial charge is 0.138 e. The lowest BCUT2D eigenvalue weighted by atomic mass is 10.1. The molecule has 0 heterocycles. The minimum absolute atomic E-state index is 0.247. The number of benzene rings is 1. The van der Waals surface area contributed by atoms with E-state index in [0.717, 1.165) is 12.8 Å². The van der Waals surface area contributed by atoms with Crippen LogP contribution < -0.4 is 10.1 Å². The summed E-state index contributed by atoms with van der Waals surface area (Å²) < 4.78 is 5.48. The Hall–Kier alpha value is -0.770. The highest BCUT2D eigenvalue weighted by Gasteiger charge is 2.09. The molecule has 0 radical (unpaired) electrons. The quantitative estimate of drug-likeness (QED) is 0.764. The fourth-order valence-electron chi connectivity index (χ4n) is 1.69. The van der Waals surface area contributed by atoms with Crippen molar-refractivity contribution in [3.05, 3.63) is 29.3 Å². The van der Waals surface area contributed by atoms with Crippen molar-refractivity contribution in [1.29, 1.82) is 0 Å². The molecule has 0 aliphatic carbocycles. The molecule has 18 heavy (non-hydrogen) atoms. The highest BCUT2D eigenvalue weighted by Crippen LogP contribution is 2.22. The van der Waals surface area contributed by atoms with E-state index in [1.165, 1.54) is 0 Å². The van der Waals surface area contributed by atoms with E-state index in [1.54, 1.807) is 12.1 Å². The van der Waals surface area contributed by atoms with E-state index in [9.17, 15) is 5.11 Å². The average Bonchev–Trinajstić information content (AvgIpc) is 2.39. The fourth-order valence-corrected chi connectivity index (χ4v) is 1.88. The lowest BCUT2D eigenvalue weighted by Gasteiger charge is -2.18. The van der Waals surface area contributed by atoms with Gasteiger partial charge in [-0.15, -0.1) is 0 Å². The zero-order valence-corrected chi connectivity index (χ0v) is 11.8. The van der Waals surface area contributed by atoms with Gasteiger partial charge in [0.2, 0.25) is 0 Å². The second-order valence-corrected chi connectivity index (χ2v) is 4.72. The average molecular weight is 272 g/mol. The summed E-state index contributed by atoms with van der Waals surface area (Å²) in [5.74, 6) is 0.612. The van der Waals surface area contributed by atoms with Crippen LogP contribution in [0.5, 0.6) is 5.75 Å². The summed E-state index contributed by atoms with van der Waals surface area (Å²) in [6, 6.07) is 7.73. The minimum atomic E-state index is -0.526. The van der Waals surface area contributed by atoms with Crippen LogP contribution in [-0.2, 0) is 0 Å². The molecule has 4 heteroatoms. The molecule has 1 unspecified atom stereocenters. The number of para-hydroxylation sites is 1. The Balaban J connectivity index is 2.29. The lowest BCUT2D eigenvalue weighted by Crippen LogP contribution is -2.37. The molecule has 0 aliphatic heterocycles. The largest absolute Gasteiger partial charge is 0.489 e. The Morgan fingerprint density at radius 1 is 1.28 bits per heavy atom. The molecule has 0 saturated heterocycles. The molecule has 0 aromatic heterocycles. The maximum atomic E-state index is 9.81. The summed E-state index contributed by atoms with van der Waals surface area (Å²) >= 11 is 5.96. The second-order valence-electron chi connectivity index (χ2n) is 4.32. The molecule has 0 saturated carbocycles. The Morgan fingerprint density at radius 2 is 1.94 bits per heavy atom. The van der Waals surface area contributed by atoms with E-state index in [-0.39, 0.29) is 6.61 Å². The third-order valence-corrected chi connectivity index (χ3v) is 3.21. The van der Waals surface area contributed by atoms with Gasteiger partial charge in [0.15, 0.2) is 0 Å². The van der Waals surface area contributed by atoms with Gasteiger partial charge < -0.3 is 15.2 Å². The van der Waals surface area contributed by atoms with Crippen LogP contribution in [-0.4, -0.2) is 30.4 Å². The fraction of sp³-hybridized carbons (Fsp3) is 0.571. The Kier molecular flexibility index (Phi) is 7.09. The van der Waals surface area contributed by atoms with Crippen LogP contribution in [0.4, 0.5) is 0 Å². The van der Waals surface area contributed by atoms with E-state index in [1.807, 2.05) is 12.1 Å². The summed E-state index contributed by atoms with van der Waals surface area (Å²) in [5, 5.41) is 13.7. The molecule has 1 aromatic carbocycles. The van der Waals surface area contributed by atoms with Crippen LogP contribution in [0.3, 0.4) is 0 Å².